The molecule has 8 heteroatoms. The Morgan fingerprint density at radius 3 is 2.29 bits per heavy atom. The lowest BCUT2D eigenvalue weighted by Crippen LogP contribution is -2.50. The van der Waals surface area contributed by atoms with Crippen molar-refractivity contribution < 1.29 is 16.8 Å². The maximum Gasteiger partial charge on any atom is 0.215 e. The van der Waals surface area contributed by atoms with Crippen molar-refractivity contribution in [2.75, 3.05) is 30.9 Å². The molecule has 0 saturated carbocycles. The Hall–Kier alpha value is -0.180. The zero-order chi connectivity index (χ0) is 13.3. The molecule has 0 radical (unpaired) electrons. The predicted molar refractivity (Wildman–Crippen MR) is 66.8 cm³/mol. The Morgan fingerprint density at radius 1 is 1.24 bits per heavy atom. The summed E-state index contributed by atoms with van der Waals surface area (Å²) in [5.41, 5.74) is 5.82. The first kappa shape index (κ1) is 14.9. The van der Waals surface area contributed by atoms with Crippen LogP contribution >= 0.6 is 0 Å². The topological polar surface area (TPSA) is 97.5 Å². The molecule has 2 unspecified atom stereocenters. The zero-order valence-corrected chi connectivity index (χ0v) is 11.8. The molecule has 1 aliphatic heterocycles. The summed E-state index contributed by atoms with van der Waals surface area (Å²) in [6.07, 6.45) is 1.76. The molecule has 2 N–H and O–H groups in total. The van der Waals surface area contributed by atoms with Crippen molar-refractivity contribution in [3.63, 3.8) is 0 Å². The van der Waals surface area contributed by atoms with Crippen molar-refractivity contribution in [1.82, 2.24) is 4.31 Å². The first-order chi connectivity index (χ1) is 7.62. The average Bonchev–Trinajstić information content (AvgIpc) is 2.18. The maximum atomic E-state index is 11.9. The molecule has 2 atom stereocenters. The largest absolute Gasteiger partial charge is 0.326 e. The minimum absolute atomic E-state index is 0.170. The minimum Gasteiger partial charge on any atom is -0.326 e. The van der Waals surface area contributed by atoms with Gasteiger partial charge >= 0.3 is 0 Å². The van der Waals surface area contributed by atoms with Gasteiger partial charge in [0.15, 0.2) is 0 Å². The van der Waals surface area contributed by atoms with E-state index in [2.05, 4.69) is 0 Å². The molecule has 0 aromatic carbocycles. The number of rotatable bonds is 4. The van der Waals surface area contributed by atoms with Crippen LogP contribution < -0.4 is 5.73 Å². The van der Waals surface area contributed by atoms with E-state index in [4.69, 9.17) is 5.73 Å². The highest BCUT2D eigenvalue weighted by atomic mass is 32.2. The van der Waals surface area contributed by atoms with Crippen LogP contribution in [0.2, 0.25) is 0 Å². The highest BCUT2D eigenvalue weighted by Crippen LogP contribution is 2.18. The molecule has 0 spiro atoms. The number of nitrogens with zero attached hydrogens (tertiary/aromatic N) is 1. The van der Waals surface area contributed by atoms with Gasteiger partial charge in [-0.05, 0) is 12.3 Å². The zero-order valence-electron chi connectivity index (χ0n) is 10.2. The Kier molecular flexibility index (Phi) is 4.56. The number of piperidine rings is 1. The third-order valence-corrected chi connectivity index (χ3v) is 6.13. The SMILES string of the molecule is CC1CCN(S(=O)(=O)CCS(C)(=O)=O)CC1N. The summed E-state index contributed by atoms with van der Waals surface area (Å²) < 4.78 is 47.0. The highest BCUT2D eigenvalue weighted by Gasteiger charge is 2.31. The number of hydrogen-bond donors (Lipinski definition) is 1. The van der Waals surface area contributed by atoms with Gasteiger partial charge in [0.1, 0.15) is 9.84 Å². The van der Waals surface area contributed by atoms with Crippen LogP contribution in [-0.4, -0.2) is 58.0 Å². The molecule has 17 heavy (non-hydrogen) atoms. The van der Waals surface area contributed by atoms with Gasteiger partial charge in [0, 0.05) is 25.4 Å². The summed E-state index contributed by atoms with van der Waals surface area (Å²) in [6, 6.07) is -0.170. The molecule has 0 bridgehead atoms. The van der Waals surface area contributed by atoms with Crippen LogP contribution in [0.25, 0.3) is 0 Å². The van der Waals surface area contributed by atoms with E-state index in [0.717, 1.165) is 12.7 Å². The van der Waals surface area contributed by atoms with Crippen LogP contribution in [0, 0.1) is 5.92 Å². The van der Waals surface area contributed by atoms with Gasteiger partial charge in [-0.1, -0.05) is 6.92 Å². The molecule has 0 aliphatic carbocycles. The summed E-state index contributed by atoms with van der Waals surface area (Å²) in [7, 11) is -6.76. The average molecular weight is 284 g/mol. The monoisotopic (exact) mass is 284 g/mol. The van der Waals surface area contributed by atoms with Crippen molar-refractivity contribution in [1.29, 1.82) is 0 Å². The Balaban J connectivity index is 2.65. The summed E-state index contributed by atoms with van der Waals surface area (Å²) in [6.45, 7) is 2.71. The molecular formula is C9H20N2O4S2. The molecule has 0 amide bonds. The van der Waals surface area contributed by atoms with Crippen LogP contribution in [0.15, 0.2) is 0 Å². The van der Waals surface area contributed by atoms with Crippen molar-refractivity contribution in [2.24, 2.45) is 11.7 Å². The lowest BCUT2D eigenvalue weighted by Gasteiger charge is -2.34. The van der Waals surface area contributed by atoms with E-state index in [-0.39, 0.29) is 24.1 Å². The minimum atomic E-state index is -3.50. The number of sulfone groups is 1. The molecule has 0 aromatic rings. The number of sulfonamides is 1. The van der Waals surface area contributed by atoms with Gasteiger partial charge in [-0.3, -0.25) is 0 Å². The molecule has 1 aliphatic rings. The van der Waals surface area contributed by atoms with E-state index in [9.17, 15) is 16.8 Å². The van der Waals surface area contributed by atoms with E-state index in [1.165, 1.54) is 4.31 Å². The van der Waals surface area contributed by atoms with E-state index in [1.54, 1.807) is 0 Å². The van der Waals surface area contributed by atoms with Crippen LogP contribution in [0.1, 0.15) is 13.3 Å². The lowest BCUT2D eigenvalue weighted by atomic mass is 9.96. The van der Waals surface area contributed by atoms with Crippen LogP contribution in [0.5, 0.6) is 0 Å². The number of nitrogens with two attached hydrogens (primary N) is 1. The first-order valence-electron chi connectivity index (χ1n) is 5.53. The summed E-state index contributed by atoms with van der Waals surface area (Å²) in [5.74, 6) is -0.389. The van der Waals surface area contributed by atoms with Gasteiger partial charge in [0.05, 0.1) is 11.5 Å². The lowest BCUT2D eigenvalue weighted by molar-refractivity contribution is 0.253. The fourth-order valence-electron chi connectivity index (χ4n) is 1.71. The molecule has 0 aromatic heterocycles. The Bertz CT molecular complexity index is 457. The van der Waals surface area contributed by atoms with E-state index >= 15 is 0 Å². The molecule has 1 heterocycles. The smallest absolute Gasteiger partial charge is 0.215 e. The third kappa shape index (κ3) is 4.53. The van der Waals surface area contributed by atoms with E-state index < -0.39 is 19.9 Å². The van der Waals surface area contributed by atoms with Crippen molar-refractivity contribution in [3.05, 3.63) is 0 Å². The summed E-state index contributed by atoms with van der Waals surface area (Å²) >= 11 is 0. The summed E-state index contributed by atoms with van der Waals surface area (Å²) in [5, 5.41) is 0. The molecule has 1 rings (SSSR count). The number of hydrogen-bond acceptors (Lipinski definition) is 5. The van der Waals surface area contributed by atoms with Gasteiger partial charge in [0.2, 0.25) is 10.0 Å². The summed E-state index contributed by atoms with van der Waals surface area (Å²) in [4.78, 5) is 0. The molecule has 1 saturated heterocycles. The van der Waals surface area contributed by atoms with Gasteiger partial charge < -0.3 is 5.73 Å². The van der Waals surface area contributed by atoms with Crippen molar-refractivity contribution in [3.8, 4) is 0 Å². The predicted octanol–water partition coefficient (Wildman–Crippen LogP) is -0.970. The maximum absolute atomic E-state index is 11.9. The van der Waals surface area contributed by atoms with E-state index in [1.807, 2.05) is 6.92 Å². The fourth-order valence-corrected chi connectivity index (χ4v) is 4.80. The van der Waals surface area contributed by atoms with Crippen LogP contribution in [-0.2, 0) is 19.9 Å². The van der Waals surface area contributed by atoms with Crippen molar-refractivity contribution in [2.45, 2.75) is 19.4 Å². The second-order valence-corrected chi connectivity index (χ2v) is 9.08. The third-order valence-electron chi connectivity index (χ3n) is 3.08. The van der Waals surface area contributed by atoms with Gasteiger partial charge in [0.25, 0.3) is 0 Å². The molecule has 6 nitrogen and oxygen atoms in total. The van der Waals surface area contributed by atoms with Gasteiger partial charge in [-0.15, -0.1) is 0 Å². The molecule has 1 fully saturated rings. The van der Waals surface area contributed by atoms with Crippen molar-refractivity contribution >= 4 is 19.9 Å². The van der Waals surface area contributed by atoms with Gasteiger partial charge in [-0.25, -0.2) is 21.1 Å². The van der Waals surface area contributed by atoms with Crippen LogP contribution in [0.3, 0.4) is 0 Å². The Labute approximate surface area is 103 Å². The van der Waals surface area contributed by atoms with Gasteiger partial charge in [-0.2, -0.15) is 0 Å². The second-order valence-electron chi connectivity index (χ2n) is 4.73. The first-order valence-corrected chi connectivity index (χ1v) is 9.20. The standard InChI is InChI=1S/C9H20N2O4S2/c1-8-3-4-11(7-9(8)10)17(14,15)6-5-16(2,12)13/h8-9H,3-7,10H2,1-2H3. The molecular weight excluding hydrogens is 264 g/mol. The molecule has 102 valence electrons. The quantitative estimate of drug-likeness (QED) is 0.716. The highest BCUT2D eigenvalue weighted by molar-refractivity contribution is 7.93. The second kappa shape index (κ2) is 5.21. The Morgan fingerprint density at radius 2 is 1.82 bits per heavy atom. The fraction of sp³-hybridized carbons (Fsp3) is 1.00. The van der Waals surface area contributed by atoms with Crippen LogP contribution in [0.4, 0.5) is 0 Å². The normalized spacial score (nSPS) is 28.2. The van der Waals surface area contributed by atoms with E-state index in [0.29, 0.717) is 12.5 Å².